The SMILES string of the molecule is CC(C)(C)c1cc(=S)nc(-c2ccc(F)c(Cl)c2)[nH]1. The molecule has 0 radical (unpaired) electrons. The van der Waals surface area contributed by atoms with Gasteiger partial charge in [-0.15, -0.1) is 0 Å². The van der Waals surface area contributed by atoms with E-state index in [1.165, 1.54) is 12.1 Å². The summed E-state index contributed by atoms with van der Waals surface area (Å²) in [5.41, 5.74) is 1.61. The van der Waals surface area contributed by atoms with Gasteiger partial charge < -0.3 is 4.98 Å². The van der Waals surface area contributed by atoms with Gasteiger partial charge >= 0.3 is 0 Å². The molecular weight excluding hydrogens is 283 g/mol. The lowest BCUT2D eigenvalue weighted by Gasteiger charge is -2.19. The molecule has 0 unspecified atom stereocenters. The number of rotatable bonds is 1. The molecule has 2 nitrogen and oxygen atoms in total. The van der Waals surface area contributed by atoms with Gasteiger partial charge in [-0.1, -0.05) is 44.6 Å². The van der Waals surface area contributed by atoms with Gasteiger partial charge in [-0.05, 0) is 24.3 Å². The van der Waals surface area contributed by atoms with Crippen LogP contribution < -0.4 is 0 Å². The quantitative estimate of drug-likeness (QED) is 0.759. The van der Waals surface area contributed by atoms with E-state index >= 15 is 0 Å². The molecule has 0 aliphatic carbocycles. The molecule has 0 fully saturated rings. The van der Waals surface area contributed by atoms with Crippen LogP contribution in [0, 0.1) is 10.5 Å². The summed E-state index contributed by atoms with van der Waals surface area (Å²) in [5.74, 6) is 0.148. The Morgan fingerprint density at radius 1 is 1.26 bits per heavy atom. The molecule has 1 heterocycles. The fourth-order valence-electron chi connectivity index (χ4n) is 1.64. The highest BCUT2D eigenvalue weighted by molar-refractivity contribution is 7.71. The summed E-state index contributed by atoms with van der Waals surface area (Å²) in [7, 11) is 0. The number of nitrogens with zero attached hydrogens (tertiary/aromatic N) is 1. The number of aromatic nitrogens is 2. The van der Waals surface area contributed by atoms with Gasteiger partial charge in [0.25, 0.3) is 0 Å². The van der Waals surface area contributed by atoms with Gasteiger partial charge in [0.2, 0.25) is 0 Å². The number of halogens is 2. The summed E-state index contributed by atoms with van der Waals surface area (Å²) in [6.07, 6.45) is 0. The maximum absolute atomic E-state index is 13.2. The van der Waals surface area contributed by atoms with Crippen molar-refractivity contribution in [3.05, 3.63) is 45.4 Å². The van der Waals surface area contributed by atoms with E-state index in [0.717, 1.165) is 5.69 Å². The summed E-state index contributed by atoms with van der Waals surface area (Å²) in [4.78, 5) is 7.50. The Kier molecular flexibility index (Phi) is 3.74. The van der Waals surface area contributed by atoms with Crippen molar-refractivity contribution >= 4 is 23.8 Å². The van der Waals surface area contributed by atoms with Crippen LogP contribution in [-0.2, 0) is 5.41 Å². The fourth-order valence-corrected chi connectivity index (χ4v) is 2.03. The van der Waals surface area contributed by atoms with Crippen molar-refractivity contribution in [2.45, 2.75) is 26.2 Å². The smallest absolute Gasteiger partial charge is 0.141 e. The second-order valence-electron chi connectivity index (χ2n) is 5.36. The lowest BCUT2D eigenvalue weighted by molar-refractivity contribution is 0.567. The van der Waals surface area contributed by atoms with Gasteiger partial charge in [0.05, 0.1) is 5.02 Å². The molecule has 2 aromatic rings. The molecule has 0 saturated carbocycles. The Labute approximate surface area is 121 Å². The monoisotopic (exact) mass is 296 g/mol. The molecule has 2 rings (SSSR count). The molecule has 0 atom stereocenters. The van der Waals surface area contributed by atoms with Crippen molar-refractivity contribution in [3.63, 3.8) is 0 Å². The van der Waals surface area contributed by atoms with Crippen molar-refractivity contribution in [2.24, 2.45) is 0 Å². The minimum absolute atomic E-state index is 0.0692. The van der Waals surface area contributed by atoms with Gasteiger partial charge in [-0.25, -0.2) is 9.37 Å². The maximum atomic E-state index is 13.2. The molecular formula is C14H14ClFN2S. The van der Waals surface area contributed by atoms with E-state index in [9.17, 15) is 4.39 Å². The third-order valence-electron chi connectivity index (χ3n) is 2.74. The highest BCUT2D eigenvalue weighted by Crippen LogP contribution is 2.25. The number of hydrogen-bond acceptors (Lipinski definition) is 2. The van der Waals surface area contributed by atoms with Gasteiger partial charge in [0.1, 0.15) is 16.3 Å². The summed E-state index contributed by atoms with van der Waals surface area (Å²) in [6, 6.07) is 6.32. The highest BCUT2D eigenvalue weighted by Gasteiger charge is 2.16. The highest BCUT2D eigenvalue weighted by atomic mass is 35.5. The molecule has 1 aromatic heterocycles. The van der Waals surface area contributed by atoms with E-state index < -0.39 is 5.82 Å². The van der Waals surface area contributed by atoms with Crippen LogP contribution in [-0.4, -0.2) is 9.97 Å². The van der Waals surface area contributed by atoms with Crippen LogP contribution in [0.5, 0.6) is 0 Å². The van der Waals surface area contributed by atoms with Crippen LogP contribution in [0.25, 0.3) is 11.4 Å². The van der Waals surface area contributed by atoms with Crippen molar-refractivity contribution < 1.29 is 4.39 Å². The minimum Gasteiger partial charge on any atom is -0.343 e. The van der Waals surface area contributed by atoms with Gasteiger partial charge in [-0.2, -0.15) is 0 Å². The van der Waals surface area contributed by atoms with E-state index in [0.29, 0.717) is 16.0 Å². The number of aromatic amines is 1. The zero-order chi connectivity index (χ0) is 14.2. The van der Waals surface area contributed by atoms with Crippen LogP contribution in [0.1, 0.15) is 26.5 Å². The molecule has 5 heteroatoms. The predicted molar refractivity (Wildman–Crippen MR) is 78.5 cm³/mol. The Morgan fingerprint density at radius 2 is 1.95 bits per heavy atom. The molecule has 0 bridgehead atoms. The summed E-state index contributed by atoms with van der Waals surface area (Å²) < 4.78 is 13.7. The number of hydrogen-bond donors (Lipinski definition) is 1. The Hall–Kier alpha value is -1.26. The van der Waals surface area contributed by atoms with Gasteiger partial charge in [-0.3, -0.25) is 0 Å². The van der Waals surface area contributed by atoms with E-state index in [1.807, 2.05) is 6.07 Å². The second kappa shape index (κ2) is 5.02. The van der Waals surface area contributed by atoms with E-state index in [2.05, 4.69) is 30.7 Å². The third-order valence-corrected chi connectivity index (χ3v) is 3.24. The largest absolute Gasteiger partial charge is 0.343 e. The Balaban J connectivity index is 2.59. The van der Waals surface area contributed by atoms with E-state index in [-0.39, 0.29) is 10.4 Å². The predicted octanol–water partition coefficient (Wildman–Crippen LogP) is 4.90. The standard InChI is InChI=1S/C14H14ClFN2S/c1-14(2,3)11-7-12(19)18-13(17-11)8-4-5-10(16)9(15)6-8/h4-7H,1-3H3,(H,17,18,19). The molecule has 0 aliphatic heterocycles. The number of nitrogens with one attached hydrogen (secondary N) is 1. The Morgan fingerprint density at radius 3 is 2.53 bits per heavy atom. The van der Waals surface area contributed by atoms with E-state index in [4.69, 9.17) is 23.8 Å². The zero-order valence-electron chi connectivity index (χ0n) is 10.9. The van der Waals surface area contributed by atoms with Gasteiger partial charge in [0.15, 0.2) is 0 Å². The van der Waals surface area contributed by atoms with Crippen LogP contribution >= 0.6 is 23.8 Å². The zero-order valence-corrected chi connectivity index (χ0v) is 12.5. The van der Waals surface area contributed by atoms with Crippen LogP contribution in [0.2, 0.25) is 5.02 Å². The van der Waals surface area contributed by atoms with Gasteiger partial charge in [0, 0.05) is 16.7 Å². The Bertz CT molecular complexity index is 674. The van der Waals surface area contributed by atoms with Crippen molar-refractivity contribution in [3.8, 4) is 11.4 Å². The fraction of sp³-hybridized carbons (Fsp3) is 0.286. The molecule has 1 aromatic carbocycles. The van der Waals surface area contributed by atoms with Crippen LogP contribution in [0.4, 0.5) is 4.39 Å². The molecule has 1 N–H and O–H groups in total. The number of H-pyrrole nitrogens is 1. The molecule has 19 heavy (non-hydrogen) atoms. The van der Waals surface area contributed by atoms with Crippen LogP contribution in [0.3, 0.4) is 0 Å². The molecule has 0 aliphatic rings. The van der Waals surface area contributed by atoms with E-state index in [1.54, 1.807) is 6.07 Å². The molecule has 0 spiro atoms. The lowest BCUT2D eigenvalue weighted by atomic mass is 9.92. The first-order valence-corrected chi connectivity index (χ1v) is 6.63. The average molecular weight is 297 g/mol. The second-order valence-corrected chi connectivity index (χ2v) is 6.19. The molecule has 0 amide bonds. The number of benzene rings is 1. The molecule has 100 valence electrons. The van der Waals surface area contributed by atoms with Crippen LogP contribution in [0.15, 0.2) is 24.3 Å². The first kappa shape index (κ1) is 14.2. The molecule has 0 saturated heterocycles. The summed E-state index contributed by atoms with van der Waals surface area (Å²) in [6.45, 7) is 6.24. The first-order chi connectivity index (χ1) is 8.77. The van der Waals surface area contributed by atoms with Crippen molar-refractivity contribution in [2.75, 3.05) is 0 Å². The van der Waals surface area contributed by atoms with Crippen molar-refractivity contribution in [1.29, 1.82) is 0 Å². The maximum Gasteiger partial charge on any atom is 0.141 e. The third kappa shape index (κ3) is 3.19. The normalized spacial score (nSPS) is 11.6. The minimum atomic E-state index is -0.448. The topological polar surface area (TPSA) is 28.7 Å². The average Bonchev–Trinajstić information content (AvgIpc) is 2.31. The summed E-state index contributed by atoms with van der Waals surface area (Å²) >= 11 is 11.0. The summed E-state index contributed by atoms with van der Waals surface area (Å²) in [5, 5.41) is 0.0692. The first-order valence-electron chi connectivity index (χ1n) is 5.84. The lowest BCUT2D eigenvalue weighted by Crippen LogP contribution is -2.14. The van der Waals surface area contributed by atoms with Crippen molar-refractivity contribution in [1.82, 2.24) is 9.97 Å².